The molecule has 16 heteroatoms. The highest BCUT2D eigenvalue weighted by molar-refractivity contribution is 7.91. The SMILES string of the molecule is CC1Cc2nc(C(=O)N3CCN(S(=O)(=O)c4cc5ccc(Cl)cc5s4)CC3CCS(=O)(=O)N3CCOCC3)sc2CN1. The van der Waals surface area contributed by atoms with Gasteiger partial charge in [0.25, 0.3) is 15.9 Å². The summed E-state index contributed by atoms with van der Waals surface area (Å²) in [6.07, 6.45) is 0.829. The molecule has 0 spiro atoms. The predicted octanol–water partition coefficient (Wildman–Crippen LogP) is 2.61. The topological polar surface area (TPSA) is 129 Å². The summed E-state index contributed by atoms with van der Waals surface area (Å²) in [5.41, 5.74) is 0.909. The van der Waals surface area contributed by atoms with Crippen LogP contribution in [0.15, 0.2) is 28.5 Å². The van der Waals surface area contributed by atoms with Gasteiger partial charge in [0, 0.05) is 72.4 Å². The molecule has 2 unspecified atom stereocenters. The van der Waals surface area contributed by atoms with Crippen molar-refractivity contribution in [3.63, 3.8) is 0 Å². The number of sulfonamides is 2. The molecule has 2 fully saturated rings. The average molecular weight is 674 g/mol. The Bertz CT molecular complexity index is 1700. The third kappa shape index (κ3) is 6.13. The first kappa shape index (κ1) is 30.3. The maximum absolute atomic E-state index is 13.8. The molecule has 2 aromatic heterocycles. The van der Waals surface area contributed by atoms with E-state index in [9.17, 15) is 21.6 Å². The van der Waals surface area contributed by atoms with Crippen LogP contribution in [0.2, 0.25) is 5.02 Å². The second-order valence-corrected chi connectivity index (χ2v) is 17.6. The molecule has 3 aromatic rings. The summed E-state index contributed by atoms with van der Waals surface area (Å²) in [6, 6.07) is 6.50. The van der Waals surface area contributed by atoms with E-state index in [2.05, 4.69) is 17.2 Å². The molecule has 5 heterocycles. The number of benzene rings is 1. The molecule has 1 aromatic carbocycles. The third-order valence-corrected chi connectivity index (χ3v) is 14.5. The molecule has 2 atom stereocenters. The van der Waals surface area contributed by atoms with Gasteiger partial charge in [-0.3, -0.25) is 4.79 Å². The second-order valence-electron chi connectivity index (χ2n) is 10.8. The van der Waals surface area contributed by atoms with Crippen molar-refractivity contribution in [2.75, 3.05) is 51.7 Å². The van der Waals surface area contributed by atoms with Gasteiger partial charge in [-0.15, -0.1) is 22.7 Å². The van der Waals surface area contributed by atoms with Crippen molar-refractivity contribution >= 4 is 70.3 Å². The number of rotatable bonds is 7. The summed E-state index contributed by atoms with van der Waals surface area (Å²) in [5.74, 6) is -0.489. The van der Waals surface area contributed by atoms with Gasteiger partial charge in [-0.05, 0) is 36.9 Å². The molecule has 1 amide bonds. The quantitative estimate of drug-likeness (QED) is 0.406. The summed E-state index contributed by atoms with van der Waals surface area (Å²) in [4.78, 5) is 21.1. The number of hydrogen-bond acceptors (Lipinski definition) is 10. The summed E-state index contributed by atoms with van der Waals surface area (Å²) < 4.78 is 63.0. The number of nitrogens with zero attached hydrogens (tertiary/aromatic N) is 4. The molecule has 2 saturated heterocycles. The molecule has 6 rings (SSSR count). The minimum atomic E-state index is -3.89. The third-order valence-electron chi connectivity index (χ3n) is 7.90. The van der Waals surface area contributed by atoms with Gasteiger partial charge in [-0.25, -0.2) is 21.8 Å². The van der Waals surface area contributed by atoms with Gasteiger partial charge in [-0.2, -0.15) is 8.61 Å². The number of aromatic nitrogens is 1. The number of carbonyl (C=O) groups excluding carboxylic acids is 1. The fourth-order valence-electron chi connectivity index (χ4n) is 5.56. The first-order chi connectivity index (χ1) is 20.0. The van der Waals surface area contributed by atoms with Crippen molar-refractivity contribution in [1.82, 2.24) is 23.8 Å². The highest BCUT2D eigenvalue weighted by atomic mass is 35.5. The number of halogens is 1. The number of nitrogens with one attached hydrogen (secondary N) is 1. The molecular formula is C26H32ClN5O6S4. The normalized spacial score (nSPS) is 22.9. The van der Waals surface area contributed by atoms with Crippen molar-refractivity contribution in [1.29, 1.82) is 0 Å². The Labute approximate surface area is 258 Å². The van der Waals surface area contributed by atoms with Gasteiger partial charge in [-0.1, -0.05) is 17.7 Å². The molecule has 0 bridgehead atoms. The molecule has 0 radical (unpaired) electrons. The number of amides is 1. The van der Waals surface area contributed by atoms with Gasteiger partial charge >= 0.3 is 0 Å². The molecule has 0 saturated carbocycles. The highest BCUT2D eigenvalue weighted by Crippen LogP contribution is 2.34. The molecule has 3 aliphatic rings. The van der Waals surface area contributed by atoms with E-state index < -0.39 is 26.1 Å². The Morgan fingerprint density at radius 3 is 2.67 bits per heavy atom. The van der Waals surface area contributed by atoms with E-state index in [1.165, 1.54) is 19.9 Å². The Morgan fingerprint density at radius 1 is 1.10 bits per heavy atom. The summed E-state index contributed by atoms with van der Waals surface area (Å²) >= 11 is 8.61. The lowest BCUT2D eigenvalue weighted by Crippen LogP contribution is -2.57. The van der Waals surface area contributed by atoms with E-state index in [-0.39, 0.29) is 61.1 Å². The number of morpholine rings is 1. The predicted molar refractivity (Wildman–Crippen MR) is 163 cm³/mol. The molecular weight excluding hydrogens is 642 g/mol. The minimum absolute atomic E-state index is 0.00855. The van der Waals surface area contributed by atoms with Crippen LogP contribution in [0.3, 0.4) is 0 Å². The monoisotopic (exact) mass is 673 g/mol. The van der Waals surface area contributed by atoms with Crippen molar-refractivity contribution in [2.24, 2.45) is 0 Å². The van der Waals surface area contributed by atoms with Crippen LogP contribution in [0.1, 0.15) is 33.7 Å². The van der Waals surface area contributed by atoms with Crippen molar-refractivity contribution in [2.45, 2.75) is 42.6 Å². The fourth-order valence-corrected chi connectivity index (χ4v) is 11.4. The number of fused-ring (bicyclic) bond motifs is 2. The van der Waals surface area contributed by atoms with E-state index in [4.69, 9.17) is 16.3 Å². The largest absolute Gasteiger partial charge is 0.379 e. The van der Waals surface area contributed by atoms with Crippen LogP contribution >= 0.6 is 34.3 Å². The fraction of sp³-hybridized carbons (Fsp3) is 0.538. The van der Waals surface area contributed by atoms with Gasteiger partial charge < -0.3 is 15.0 Å². The zero-order valence-corrected chi connectivity index (χ0v) is 27.0. The van der Waals surface area contributed by atoms with Crippen molar-refractivity contribution < 1.29 is 26.4 Å². The lowest BCUT2D eigenvalue weighted by molar-refractivity contribution is 0.0556. The Morgan fingerprint density at radius 2 is 1.88 bits per heavy atom. The van der Waals surface area contributed by atoms with Gasteiger partial charge in [0.2, 0.25) is 10.0 Å². The second kappa shape index (κ2) is 12.0. The number of piperazine rings is 1. The van der Waals surface area contributed by atoms with Crippen LogP contribution < -0.4 is 5.32 Å². The Kier molecular flexibility index (Phi) is 8.68. The number of carbonyl (C=O) groups is 1. The van der Waals surface area contributed by atoms with E-state index >= 15 is 0 Å². The highest BCUT2D eigenvalue weighted by Gasteiger charge is 2.39. The number of ether oxygens (including phenoxy) is 1. The lowest BCUT2D eigenvalue weighted by atomic mass is 10.1. The smallest absolute Gasteiger partial charge is 0.283 e. The van der Waals surface area contributed by atoms with Crippen LogP contribution in [0.4, 0.5) is 0 Å². The molecule has 0 aliphatic carbocycles. The zero-order chi connectivity index (χ0) is 29.6. The van der Waals surface area contributed by atoms with Gasteiger partial charge in [0.1, 0.15) is 4.21 Å². The summed E-state index contributed by atoms with van der Waals surface area (Å²) in [6.45, 7) is 4.17. The number of thiophene rings is 1. The van der Waals surface area contributed by atoms with Gasteiger partial charge in [0.05, 0.1) is 24.7 Å². The maximum Gasteiger partial charge on any atom is 0.283 e. The van der Waals surface area contributed by atoms with Crippen LogP contribution in [-0.4, -0.2) is 105 Å². The minimum Gasteiger partial charge on any atom is -0.379 e. The van der Waals surface area contributed by atoms with Gasteiger partial charge in [0.15, 0.2) is 5.01 Å². The van der Waals surface area contributed by atoms with Crippen LogP contribution in [0.25, 0.3) is 10.1 Å². The number of thiazole rings is 1. The number of hydrogen-bond donors (Lipinski definition) is 1. The standard InChI is InChI=1S/C26H32ClN5O6S4/c1-17-12-21-23(15-28-17)40-25(29-21)26(33)32-6-5-31(16-20(32)4-11-41(34,35)30-7-9-38-10-8-30)42(36,37)24-13-18-2-3-19(27)14-22(18)39-24/h2-3,13-14,17,20,28H,4-12,15-16H2,1H3. The molecule has 1 N–H and O–H groups in total. The van der Waals surface area contributed by atoms with Crippen molar-refractivity contribution in [3.8, 4) is 0 Å². The Balaban J connectivity index is 1.26. The van der Waals surface area contributed by atoms with Crippen LogP contribution in [-0.2, 0) is 37.7 Å². The molecule has 11 nitrogen and oxygen atoms in total. The summed E-state index contributed by atoms with van der Waals surface area (Å²) in [7, 11) is -7.51. The van der Waals surface area contributed by atoms with Crippen LogP contribution in [0.5, 0.6) is 0 Å². The first-order valence-electron chi connectivity index (χ1n) is 13.8. The molecule has 3 aliphatic heterocycles. The molecule has 228 valence electrons. The Hall–Kier alpha value is -1.69. The van der Waals surface area contributed by atoms with E-state index in [0.717, 1.165) is 38.4 Å². The van der Waals surface area contributed by atoms with E-state index in [1.807, 2.05) is 0 Å². The lowest BCUT2D eigenvalue weighted by Gasteiger charge is -2.40. The zero-order valence-electron chi connectivity index (χ0n) is 23.0. The van der Waals surface area contributed by atoms with Crippen LogP contribution in [0, 0.1) is 0 Å². The van der Waals surface area contributed by atoms with E-state index in [0.29, 0.717) is 29.8 Å². The maximum atomic E-state index is 13.8. The van der Waals surface area contributed by atoms with Crippen molar-refractivity contribution in [3.05, 3.63) is 44.9 Å². The first-order valence-corrected chi connectivity index (χ1v) is 18.8. The summed E-state index contributed by atoms with van der Waals surface area (Å²) in [5, 5.41) is 5.04. The molecule has 42 heavy (non-hydrogen) atoms. The van der Waals surface area contributed by atoms with E-state index in [1.54, 1.807) is 29.2 Å². The average Bonchev–Trinajstić information content (AvgIpc) is 3.60.